The highest BCUT2D eigenvalue weighted by molar-refractivity contribution is 7.28. The summed E-state index contributed by atoms with van der Waals surface area (Å²) < 4.78 is 8.32. The lowest BCUT2D eigenvalue weighted by atomic mass is 10.1. The van der Waals surface area contributed by atoms with Crippen molar-refractivity contribution in [1.82, 2.24) is 14.1 Å². The molecule has 0 N–H and O–H groups in total. The monoisotopic (exact) mass is 605 g/mol. The Morgan fingerprint density at radius 1 is 0.512 bits per heavy atom. The molecule has 0 saturated carbocycles. The molecule has 10 aromatic rings. The molecule has 0 bridgehead atoms. The van der Waals surface area contributed by atoms with E-state index in [0.29, 0.717) is 5.02 Å². The van der Waals surface area contributed by atoms with E-state index in [2.05, 4.69) is 130 Å². The molecule has 0 aliphatic carbocycles. The van der Waals surface area contributed by atoms with Gasteiger partial charge in [-0.1, -0.05) is 95.7 Å². The van der Waals surface area contributed by atoms with Gasteiger partial charge in [-0.2, -0.15) is 0 Å². The second-order valence-electron chi connectivity index (χ2n) is 10.9. The van der Waals surface area contributed by atoms with Gasteiger partial charge in [-0.25, -0.2) is 4.98 Å². The highest BCUT2D eigenvalue weighted by Crippen LogP contribution is 2.46. The normalized spacial score (nSPS) is 12.3. The zero-order chi connectivity index (χ0) is 28.2. The van der Waals surface area contributed by atoms with Gasteiger partial charge in [-0.15, -0.1) is 11.3 Å². The lowest BCUT2D eigenvalue weighted by Crippen LogP contribution is -1.95. The van der Waals surface area contributed by atoms with E-state index in [-0.39, 0.29) is 0 Å². The first-order valence-electron chi connectivity index (χ1n) is 14.2. The van der Waals surface area contributed by atoms with Crippen molar-refractivity contribution in [2.75, 3.05) is 0 Å². The smallest absolute Gasteiger partial charge is 0.195 e. The molecule has 0 aliphatic heterocycles. The number of halogens is 1. The lowest BCUT2D eigenvalue weighted by Gasteiger charge is -2.08. The molecule has 0 unspecified atom stereocenters. The summed E-state index contributed by atoms with van der Waals surface area (Å²) in [7, 11) is 0. The molecule has 6 aromatic carbocycles. The molecule has 0 aliphatic rings. The van der Waals surface area contributed by atoms with Gasteiger partial charge in [0.2, 0.25) is 0 Å². The van der Waals surface area contributed by atoms with Crippen LogP contribution in [0.1, 0.15) is 0 Å². The van der Waals surface area contributed by atoms with Crippen LogP contribution in [0, 0.1) is 0 Å². The van der Waals surface area contributed by atoms with E-state index in [9.17, 15) is 0 Å². The first-order valence-corrected chi connectivity index (χ1v) is 16.2. The van der Waals surface area contributed by atoms with Crippen molar-refractivity contribution < 1.29 is 0 Å². The molecule has 4 aromatic heterocycles. The van der Waals surface area contributed by atoms with Crippen LogP contribution in [0.3, 0.4) is 0 Å². The van der Waals surface area contributed by atoms with Gasteiger partial charge in [0, 0.05) is 47.4 Å². The molecule has 0 atom stereocenters. The fourth-order valence-corrected chi connectivity index (χ4v) is 9.58. The Morgan fingerprint density at radius 2 is 1.14 bits per heavy atom. The van der Waals surface area contributed by atoms with Crippen molar-refractivity contribution in [3.63, 3.8) is 0 Å². The summed E-state index contributed by atoms with van der Waals surface area (Å²) in [4.78, 5) is 5.24. The van der Waals surface area contributed by atoms with E-state index in [4.69, 9.17) is 16.6 Å². The van der Waals surface area contributed by atoms with Crippen LogP contribution in [0.15, 0.2) is 121 Å². The molecule has 0 saturated heterocycles. The second-order valence-corrected chi connectivity index (χ2v) is 13.4. The maximum absolute atomic E-state index is 6.92. The minimum Gasteiger partial charge on any atom is -0.309 e. The van der Waals surface area contributed by atoms with E-state index in [1.807, 2.05) is 0 Å². The molecule has 0 spiro atoms. The van der Waals surface area contributed by atoms with Crippen molar-refractivity contribution in [3.8, 4) is 10.8 Å². The maximum atomic E-state index is 6.92. The highest BCUT2D eigenvalue weighted by Gasteiger charge is 2.22. The fraction of sp³-hybridized carbons (Fsp3) is 0. The number of hydrogen-bond acceptors (Lipinski definition) is 3. The number of benzene rings is 6. The van der Waals surface area contributed by atoms with Crippen molar-refractivity contribution in [3.05, 3.63) is 126 Å². The Balaban J connectivity index is 1.36. The third-order valence-electron chi connectivity index (χ3n) is 8.62. The van der Waals surface area contributed by atoms with Gasteiger partial charge in [0.1, 0.15) is 5.52 Å². The molecule has 6 heteroatoms. The van der Waals surface area contributed by atoms with E-state index in [1.54, 1.807) is 22.7 Å². The van der Waals surface area contributed by atoms with Crippen LogP contribution in [-0.2, 0) is 0 Å². The molecule has 3 nitrogen and oxygen atoms in total. The second kappa shape index (κ2) is 8.68. The quantitative estimate of drug-likeness (QED) is 0.192. The number of aromatic nitrogens is 3. The van der Waals surface area contributed by atoms with Gasteiger partial charge in [-0.05, 0) is 48.5 Å². The van der Waals surface area contributed by atoms with Gasteiger partial charge < -0.3 is 4.57 Å². The van der Waals surface area contributed by atoms with E-state index >= 15 is 0 Å². The Bertz CT molecular complexity index is 2740. The highest BCUT2D eigenvalue weighted by atomic mass is 35.5. The molecule has 10 rings (SSSR count). The van der Waals surface area contributed by atoms with Crippen LogP contribution in [-0.4, -0.2) is 14.1 Å². The number of thiophene rings is 1. The van der Waals surface area contributed by atoms with Gasteiger partial charge in [0.25, 0.3) is 0 Å². The Hall–Kier alpha value is -4.68. The van der Waals surface area contributed by atoms with Crippen LogP contribution >= 0.6 is 34.3 Å². The maximum Gasteiger partial charge on any atom is 0.195 e. The summed E-state index contributed by atoms with van der Waals surface area (Å²) in [5, 5.41) is 9.05. The summed E-state index contributed by atoms with van der Waals surface area (Å²) in [6, 6.07) is 43.4. The predicted octanol–water partition coefficient (Wildman–Crippen LogP) is 11.5. The van der Waals surface area contributed by atoms with E-state index in [1.165, 1.54) is 52.8 Å². The topological polar surface area (TPSA) is 22.8 Å². The molecule has 0 amide bonds. The number of nitrogens with zero attached hydrogens (tertiary/aromatic N) is 3. The number of rotatable bonds is 2. The Kier molecular flexibility index (Phi) is 4.81. The van der Waals surface area contributed by atoms with Crippen molar-refractivity contribution >= 4 is 108 Å². The van der Waals surface area contributed by atoms with Crippen LogP contribution in [0.2, 0.25) is 5.02 Å². The van der Waals surface area contributed by atoms with Gasteiger partial charge in [-0.3, -0.25) is 4.57 Å². The van der Waals surface area contributed by atoms with Gasteiger partial charge >= 0.3 is 0 Å². The number of fused-ring (bicyclic) bond motifs is 11. The van der Waals surface area contributed by atoms with Crippen LogP contribution < -0.4 is 0 Å². The first kappa shape index (κ1) is 23.8. The molecular weight excluding hydrogens is 586 g/mol. The lowest BCUT2D eigenvalue weighted by molar-refractivity contribution is 1.14. The van der Waals surface area contributed by atoms with Crippen molar-refractivity contribution in [1.29, 1.82) is 0 Å². The fourth-order valence-electron chi connectivity index (χ4n) is 6.81. The number of hydrogen-bond donors (Lipinski definition) is 0. The summed E-state index contributed by atoms with van der Waals surface area (Å²) in [5.41, 5.74) is 6.66. The molecule has 4 heterocycles. The summed E-state index contributed by atoms with van der Waals surface area (Å²) in [5.74, 6) is 0. The summed E-state index contributed by atoms with van der Waals surface area (Å²) in [6.45, 7) is 0. The number of para-hydroxylation sites is 3. The SMILES string of the molecule is Clc1cc2sc3ccccc3c2c2sc(-n3c4ccccc4c4cc5c6ccccc6n(-c6ccccc6)c5cc43)nc12. The van der Waals surface area contributed by atoms with Crippen LogP contribution in [0.5, 0.6) is 0 Å². The summed E-state index contributed by atoms with van der Waals surface area (Å²) >= 11 is 10.4. The van der Waals surface area contributed by atoms with Crippen molar-refractivity contribution in [2.24, 2.45) is 0 Å². The minimum atomic E-state index is 0.698. The molecule has 202 valence electrons. The zero-order valence-corrected chi connectivity index (χ0v) is 25.0. The summed E-state index contributed by atoms with van der Waals surface area (Å²) in [6.07, 6.45) is 0. The first-order chi connectivity index (χ1) is 21.2. The van der Waals surface area contributed by atoms with E-state index in [0.717, 1.165) is 32.1 Å². The Morgan fingerprint density at radius 3 is 1.91 bits per heavy atom. The number of thiazole rings is 1. The van der Waals surface area contributed by atoms with Crippen LogP contribution in [0.4, 0.5) is 0 Å². The van der Waals surface area contributed by atoms with Crippen LogP contribution in [0.25, 0.3) is 84.8 Å². The molecule has 0 fully saturated rings. The third kappa shape index (κ3) is 3.22. The van der Waals surface area contributed by atoms with E-state index < -0.39 is 0 Å². The molecule has 43 heavy (non-hydrogen) atoms. The zero-order valence-electron chi connectivity index (χ0n) is 22.6. The average Bonchev–Trinajstić information content (AvgIpc) is 3.79. The van der Waals surface area contributed by atoms with Gasteiger partial charge in [0.15, 0.2) is 5.13 Å². The standard InChI is InChI=1S/C37H20ClN3S2/c38-27-19-33-34(24-14-6-9-17-32(24)42-33)36-35(27)39-37(43-36)41-29-16-8-5-13-23(29)26-18-25-22-12-4-7-15-28(22)40(30(25)20-31(26)41)21-10-2-1-3-11-21/h1-20H. The average molecular weight is 606 g/mol. The Labute approximate surface area is 258 Å². The molecular formula is C37H20ClN3S2. The largest absolute Gasteiger partial charge is 0.309 e. The van der Waals surface area contributed by atoms with Crippen molar-refractivity contribution in [2.45, 2.75) is 0 Å². The molecule has 0 radical (unpaired) electrons. The predicted molar refractivity (Wildman–Crippen MR) is 186 cm³/mol. The minimum absolute atomic E-state index is 0.698. The van der Waals surface area contributed by atoms with Gasteiger partial charge in [0.05, 0.1) is 31.8 Å². The third-order valence-corrected chi connectivity index (χ3v) is 11.1.